The minimum absolute atomic E-state index is 0.241. The maximum Gasteiger partial charge on any atom is 0.263 e. The van der Waals surface area contributed by atoms with Crippen molar-refractivity contribution in [3.05, 3.63) is 65.5 Å². The summed E-state index contributed by atoms with van der Waals surface area (Å²) < 4.78 is 24.0. The average Bonchev–Trinajstić information content (AvgIpc) is 2.60. The van der Waals surface area contributed by atoms with Gasteiger partial charge >= 0.3 is 0 Å². The number of benzene rings is 2. The first-order valence-electron chi connectivity index (χ1n) is 8.29. The summed E-state index contributed by atoms with van der Waals surface area (Å²) in [5, 5.41) is 2.86. The van der Waals surface area contributed by atoms with Gasteiger partial charge in [-0.15, -0.1) is 0 Å². The van der Waals surface area contributed by atoms with Crippen LogP contribution in [-0.2, 0) is 22.7 Å². The van der Waals surface area contributed by atoms with E-state index >= 15 is 0 Å². The van der Waals surface area contributed by atoms with Crippen molar-refractivity contribution in [3.63, 3.8) is 0 Å². The lowest BCUT2D eigenvalue weighted by atomic mass is 10.1. The zero-order valence-corrected chi connectivity index (χ0v) is 14.8. The Morgan fingerprint density at radius 1 is 1.04 bits per heavy atom. The Labute approximate surface area is 148 Å². The second kappa shape index (κ2) is 8.62. The Morgan fingerprint density at radius 2 is 1.64 bits per heavy atom. The average molecular weight is 345 g/mol. The monoisotopic (exact) mass is 345 g/mol. The zero-order chi connectivity index (χ0) is 18.3. The van der Waals surface area contributed by atoms with Gasteiger partial charge in [-0.1, -0.05) is 24.3 Å². The molecule has 2 rings (SSSR count). The lowest BCUT2D eigenvalue weighted by molar-refractivity contribution is -0.134. The molecule has 0 spiro atoms. The molecule has 0 aliphatic heterocycles. The van der Waals surface area contributed by atoms with Crippen molar-refractivity contribution >= 4 is 5.91 Å². The summed E-state index contributed by atoms with van der Waals surface area (Å²) in [5.41, 5.74) is 1.02. The fourth-order valence-electron chi connectivity index (χ4n) is 2.21. The van der Waals surface area contributed by atoms with Gasteiger partial charge in [0.25, 0.3) is 5.91 Å². The van der Waals surface area contributed by atoms with Crippen molar-refractivity contribution in [1.82, 2.24) is 5.32 Å². The van der Waals surface area contributed by atoms with Gasteiger partial charge in [-0.25, -0.2) is 4.39 Å². The number of halogens is 1. The van der Waals surface area contributed by atoms with Crippen LogP contribution in [0.5, 0.6) is 5.75 Å². The maximum atomic E-state index is 12.9. The standard InChI is InChI=1S/C20H24FNO3/c1-4-24-14-16-7-5-15(6-8-16)13-22-19(23)20(2,3)25-18-11-9-17(21)10-12-18/h5-12H,4,13-14H2,1-3H3,(H,22,23). The molecule has 2 aromatic rings. The second-order valence-corrected chi connectivity index (χ2v) is 6.20. The van der Waals surface area contributed by atoms with Gasteiger partial charge in [0.2, 0.25) is 0 Å². The largest absolute Gasteiger partial charge is 0.478 e. The van der Waals surface area contributed by atoms with E-state index in [-0.39, 0.29) is 11.7 Å². The van der Waals surface area contributed by atoms with Gasteiger partial charge < -0.3 is 14.8 Å². The van der Waals surface area contributed by atoms with Crippen LogP contribution in [0.15, 0.2) is 48.5 Å². The summed E-state index contributed by atoms with van der Waals surface area (Å²) in [4.78, 5) is 12.4. The van der Waals surface area contributed by atoms with E-state index in [0.717, 1.165) is 11.1 Å². The van der Waals surface area contributed by atoms with Crippen LogP contribution in [0.25, 0.3) is 0 Å². The van der Waals surface area contributed by atoms with Gasteiger partial charge in [0.1, 0.15) is 11.6 Å². The van der Waals surface area contributed by atoms with Gasteiger partial charge in [-0.3, -0.25) is 4.79 Å². The summed E-state index contributed by atoms with van der Waals surface area (Å²) in [6, 6.07) is 13.5. The maximum absolute atomic E-state index is 12.9. The van der Waals surface area contributed by atoms with E-state index in [9.17, 15) is 9.18 Å². The Balaban J connectivity index is 1.88. The van der Waals surface area contributed by atoms with Gasteiger partial charge in [0.15, 0.2) is 5.60 Å². The molecule has 5 heteroatoms. The van der Waals surface area contributed by atoms with Crippen LogP contribution in [0.3, 0.4) is 0 Å². The van der Waals surface area contributed by atoms with Crippen LogP contribution < -0.4 is 10.1 Å². The van der Waals surface area contributed by atoms with Crippen molar-refractivity contribution in [2.24, 2.45) is 0 Å². The van der Waals surface area contributed by atoms with E-state index in [1.807, 2.05) is 31.2 Å². The van der Waals surface area contributed by atoms with Gasteiger partial charge in [-0.05, 0) is 56.2 Å². The summed E-state index contributed by atoms with van der Waals surface area (Å²) in [7, 11) is 0. The molecule has 0 radical (unpaired) electrons. The van der Waals surface area contributed by atoms with E-state index in [1.165, 1.54) is 24.3 Å². The smallest absolute Gasteiger partial charge is 0.263 e. The highest BCUT2D eigenvalue weighted by molar-refractivity contribution is 5.84. The molecule has 0 unspecified atom stereocenters. The Kier molecular flexibility index (Phi) is 6.53. The third-order valence-electron chi connectivity index (χ3n) is 3.68. The molecule has 2 aromatic carbocycles. The number of hydrogen-bond donors (Lipinski definition) is 1. The van der Waals surface area contributed by atoms with Crippen LogP contribution in [0, 0.1) is 5.82 Å². The second-order valence-electron chi connectivity index (χ2n) is 6.20. The first-order chi connectivity index (χ1) is 11.9. The first kappa shape index (κ1) is 18.9. The molecule has 0 saturated heterocycles. The molecular weight excluding hydrogens is 321 g/mol. The minimum Gasteiger partial charge on any atom is -0.478 e. The van der Waals surface area contributed by atoms with Crippen LogP contribution >= 0.6 is 0 Å². The lowest BCUT2D eigenvalue weighted by Gasteiger charge is -2.25. The molecule has 1 amide bonds. The molecule has 0 bridgehead atoms. The van der Waals surface area contributed by atoms with Crippen molar-refractivity contribution < 1.29 is 18.7 Å². The van der Waals surface area contributed by atoms with E-state index < -0.39 is 5.60 Å². The molecule has 0 aromatic heterocycles. The number of amides is 1. The van der Waals surface area contributed by atoms with Crippen LogP contribution in [-0.4, -0.2) is 18.1 Å². The van der Waals surface area contributed by atoms with Crippen molar-refractivity contribution in [1.29, 1.82) is 0 Å². The number of carbonyl (C=O) groups excluding carboxylic acids is 1. The van der Waals surface area contributed by atoms with Crippen LogP contribution in [0.1, 0.15) is 31.9 Å². The van der Waals surface area contributed by atoms with E-state index in [4.69, 9.17) is 9.47 Å². The first-order valence-corrected chi connectivity index (χ1v) is 8.29. The highest BCUT2D eigenvalue weighted by Crippen LogP contribution is 2.19. The van der Waals surface area contributed by atoms with E-state index in [2.05, 4.69) is 5.32 Å². The lowest BCUT2D eigenvalue weighted by Crippen LogP contribution is -2.46. The highest BCUT2D eigenvalue weighted by Gasteiger charge is 2.29. The summed E-state index contributed by atoms with van der Waals surface area (Å²) in [6.07, 6.45) is 0. The van der Waals surface area contributed by atoms with Gasteiger partial charge in [0.05, 0.1) is 6.61 Å². The number of nitrogens with one attached hydrogen (secondary N) is 1. The number of carbonyl (C=O) groups is 1. The molecule has 0 atom stereocenters. The van der Waals surface area contributed by atoms with Gasteiger partial charge in [0, 0.05) is 13.2 Å². The molecule has 0 aliphatic carbocycles. The number of hydrogen-bond acceptors (Lipinski definition) is 3. The molecule has 0 saturated carbocycles. The molecule has 25 heavy (non-hydrogen) atoms. The third-order valence-corrected chi connectivity index (χ3v) is 3.68. The third kappa shape index (κ3) is 5.87. The fourth-order valence-corrected chi connectivity index (χ4v) is 2.21. The Bertz CT molecular complexity index is 681. The summed E-state index contributed by atoms with van der Waals surface area (Å²) >= 11 is 0. The normalized spacial score (nSPS) is 11.2. The number of ether oxygens (including phenoxy) is 2. The molecule has 4 nitrogen and oxygen atoms in total. The summed E-state index contributed by atoms with van der Waals surface area (Å²) in [5.74, 6) is -0.139. The van der Waals surface area contributed by atoms with E-state index in [1.54, 1.807) is 13.8 Å². The number of rotatable bonds is 8. The van der Waals surface area contributed by atoms with Crippen LogP contribution in [0.4, 0.5) is 4.39 Å². The van der Waals surface area contributed by atoms with Crippen LogP contribution in [0.2, 0.25) is 0 Å². The molecule has 0 heterocycles. The molecule has 0 fully saturated rings. The predicted octanol–water partition coefficient (Wildman–Crippen LogP) is 3.84. The minimum atomic E-state index is -1.06. The van der Waals surface area contributed by atoms with E-state index in [0.29, 0.717) is 25.5 Å². The summed E-state index contributed by atoms with van der Waals surface area (Å²) in [6.45, 7) is 6.99. The zero-order valence-electron chi connectivity index (χ0n) is 14.8. The van der Waals surface area contributed by atoms with Gasteiger partial charge in [-0.2, -0.15) is 0 Å². The highest BCUT2D eigenvalue weighted by atomic mass is 19.1. The molecule has 134 valence electrons. The molecule has 0 aliphatic rings. The topological polar surface area (TPSA) is 47.6 Å². The fraction of sp³-hybridized carbons (Fsp3) is 0.350. The molecule has 1 N–H and O–H groups in total. The van der Waals surface area contributed by atoms with Crippen molar-refractivity contribution in [2.75, 3.05) is 6.61 Å². The van der Waals surface area contributed by atoms with Crippen molar-refractivity contribution in [3.8, 4) is 5.75 Å². The quantitative estimate of drug-likeness (QED) is 0.791. The predicted molar refractivity (Wildman–Crippen MR) is 94.7 cm³/mol. The Hall–Kier alpha value is -2.40. The Morgan fingerprint density at radius 3 is 2.24 bits per heavy atom. The van der Waals surface area contributed by atoms with Crippen molar-refractivity contribution in [2.45, 2.75) is 39.5 Å². The SMILES string of the molecule is CCOCc1ccc(CNC(=O)C(C)(C)Oc2ccc(F)cc2)cc1. The molecular formula is C20H24FNO3.